The fourth-order valence-electron chi connectivity index (χ4n) is 2.06. The number of hydrogen-bond donors (Lipinski definition) is 4. The number of carboxylic acids is 1. The topological polar surface area (TPSA) is 125 Å². The highest BCUT2D eigenvalue weighted by molar-refractivity contribution is 5.86. The van der Waals surface area contributed by atoms with Crippen molar-refractivity contribution in [2.45, 2.75) is 38.6 Å². The molecule has 0 saturated carbocycles. The number of aliphatic hydroxyl groups excluding tert-OH is 2. The maximum Gasteiger partial charge on any atom is 0.407 e. The Balaban J connectivity index is 2.82. The number of ether oxygens (including phenoxy) is 2. The van der Waals surface area contributed by atoms with Crippen molar-refractivity contribution in [3.63, 3.8) is 0 Å². The molecule has 144 valence electrons. The smallest absolute Gasteiger partial charge is 0.407 e. The standard InChI is InChI=1S/C18H25NO7/c1-18(2,3)26-17(24)19-10-13(20)16(23)12-5-7-14(25-4)11(9-12)6-8-15(21)22/h5-9,13,16,20,23H,10H2,1-4H3,(H,19,24)(H,21,22)/b8-6+. The number of carbonyl (C=O) groups excluding carboxylic acids is 1. The largest absolute Gasteiger partial charge is 0.496 e. The number of methoxy groups -OCH3 is 1. The van der Waals surface area contributed by atoms with Crippen molar-refractivity contribution in [2.24, 2.45) is 0 Å². The molecule has 1 amide bonds. The zero-order valence-corrected chi connectivity index (χ0v) is 15.2. The number of carbonyl (C=O) groups is 2. The highest BCUT2D eigenvalue weighted by Gasteiger charge is 2.22. The Bertz CT molecular complexity index is 664. The highest BCUT2D eigenvalue weighted by atomic mass is 16.6. The van der Waals surface area contributed by atoms with Gasteiger partial charge in [-0.15, -0.1) is 0 Å². The molecule has 4 N–H and O–H groups in total. The summed E-state index contributed by atoms with van der Waals surface area (Å²) in [6.45, 7) is 4.91. The molecule has 2 atom stereocenters. The van der Waals surface area contributed by atoms with Gasteiger partial charge in [0, 0.05) is 18.2 Å². The van der Waals surface area contributed by atoms with E-state index < -0.39 is 29.9 Å². The normalized spacial score (nSPS) is 13.9. The van der Waals surface area contributed by atoms with Crippen LogP contribution in [0.2, 0.25) is 0 Å². The first kappa shape index (κ1) is 21.5. The molecule has 0 saturated heterocycles. The number of aliphatic carboxylic acids is 1. The molecular formula is C18H25NO7. The number of hydrogen-bond acceptors (Lipinski definition) is 6. The Hall–Kier alpha value is -2.58. The van der Waals surface area contributed by atoms with E-state index in [1.54, 1.807) is 26.8 Å². The first-order valence-corrected chi connectivity index (χ1v) is 7.95. The molecule has 0 radical (unpaired) electrons. The lowest BCUT2D eigenvalue weighted by Gasteiger charge is -2.22. The third kappa shape index (κ3) is 7.12. The van der Waals surface area contributed by atoms with Crippen LogP contribution in [0.1, 0.15) is 38.0 Å². The van der Waals surface area contributed by atoms with Crippen LogP contribution in [0.25, 0.3) is 6.08 Å². The van der Waals surface area contributed by atoms with Crippen molar-refractivity contribution >= 4 is 18.1 Å². The third-order valence-electron chi connectivity index (χ3n) is 3.22. The zero-order valence-electron chi connectivity index (χ0n) is 15.2. The van der Waals surface area contributed by atoms with Crippen molar-refractivity contribution in [3.05, 3.63) is 35.4 Å². The summed E-state index contributed by atoms with van der Waals surface area (Å²) in [6.07, 6.45) is -1.03. The molecule has 0 aliphatic heterocycles. The Morgan fingerprint density at radius 1 is 1.27 bits per heavy atom. The number of nitrogens with one attached hydrogen (secondary N) is 1. The van der Waals surface area contributed by atoms with Crippen LogP contribution in [-0.4, -0.2) is 52.7 Å². The second kappa shape index (κ2) is 9.21. The molecule has 8 heteroatoms. The summed E-state index contributed by atoms with van der Waals surface area (Å²) >= 11 is 0. The fourth-order valence-corrected chi connectivity index (χ4v) is 2.06. The van der Waals surface area contributed by atoms with Gasteiger partial charge in [-0.05, 0) is 44.5 Å². The molecule has 1 aromatic rings. The van der Waals surface area contributed by atoms with Gasteiger partial charge < -0.3 is 30.1 Å². The van der Waals surface area contributed by atoms with Crippen molar-refractivity contribution < 1.29 is 34.4 Å². The molecule has 0 aromatic heterocycles. The van der Waals surface area contributed by atoms with Gasteiger partial charge in [0.05, 0.1) is 7.11 Å². The summed E-state index contributed by atoms with van der Waals surface area (Å²) in [7, 11) is 1.43. The van der Waals surface area contributed by atoms with E-state index >= 15 is 0 Å². The van der Waals surface area contributed by atoms with Crippen LogP contribution >= 0.6 is 0 Å². The first-order valence-electron chi connectivity index (χ1n) is 7.95. The quantitative estimate of drug-likeness (QED) is 0.541. The van der Waals surface area contributed by atoms with Gasteiger partial charge in [-0.25, -0.2) is 9.59 Å². The minimum atomic E-state index is -1.30. The number of aliphatic hydroxyl groups is 2. The van der Waals surface area contributed by atoms with Gasteiger partial charge in [0.15, 0.2) is 0 Å². The fraction of sp³-hybridized carbons (Fsp3) is 0.444. The highest BCUT2D eigenvalue weighted by Crippen LogP contribution is 2.26. The average molecular weight is 367 g/mol. The van der Waals surface area contributed by atoms with E-state index in [0.717, 1.165) is 6.08 Å². The van der Waals surface area contributed by atoms with Crippen LogP contribution < -0.4 is 10.1 Å². The summed E-state index contributed by atoms with van der Waals surface area (Å²) < 4.78 is 10.2. The monoisotopic (exact) mass is 367 g/mol. The molecule has 1 rings (SSSR count). The molecular weight excluding hydrogens is 342 g/mol. The van der Waals surface area contributed by atoms with E-state index in [1.165, 1.54) is 25.3 Å². The third-order valence-corrected chi connectivity index (χ3v) is 3.22. The van der Waals surface area contributed by atoms with Gasteiger partial charge in [-0.2, -0.15) is 0 Å². The van der Waals surface area contributed by atoms with Gasteiger partial charge >= 0.3 is 12.1 Å². The van der Waals surface area contributed by atoms with E-state index in [4.69, 9.17) is 14.6 Å². The zero-order chi connectivity index (χ0) is 19.9. The molecule has 0 bridgehead atoms. The Morgan fingerprint density at radius 3 is 2.46 bits per heavy atom. The molecule has 2 unspecified atom stereocenters. The molecule has 0 spiro atoms. The lowest BCUT2D eigenvalue weighted by atomic mass is 10.0. The van der Waals surface area contributed by atoms with E-state index in [9.17, 15) is 19.8 Å². The molecule has 0 aliphatic rings. The lowest BCUT2D eigenvalue weighted by molar-refractivity contribution is -0.131. The predicted molar refractivity (Wildman–Crippen MR) is 94.9 cm³/mol. The summed E-state index contributed by atoms with van der Waals surface area (Å²) in [5.74, 6) is -0.709. The number of rotatable bonds is 7. The van der Waals surface area contributed by atoms with Crippen LogP contribution in [0.4, 0.5) is 4.79 Å². The van der Waals surface area contributed by atoms with Crippen LogP contribution in [-0.2, 0) is 9.53 Å². The van der Waals surface area contributed by atoms with Crippen LogP contribution in [0.5, 0.6) is 5.75 Å². The molecule has 1 aromatic carbocycles. The van der Waals surface area contributed by atoms with Gasteiger partial charge in [0.2, 0.25) is 0 Å². The summed E-state index contributed by atoms with van der Waals surface area (Å²) in [5.41, 5.74) is 0.0998. The number of carboxylic acid groups (broad SMARTS) is 1. The van der Waals surface area contributed by atoms with Gasteiger partial charge in [-0.3, -0.25) is 0 Å². The summed E-state index contributed by atoms with van der Waals surface area (Å²) in [5, 5.41) is 31.5. The van der Waals surface area contributed by atoms with Crippen molar-refractivity contribution in [1.29, 1.82) is 0 Å². The molecule has 0 fully saturated rings. The first-order chi connectivity index (χ1) is 12.0. The second-order valence-electron chi connectivity index (χ2n) is 6.57. The van der Waals surface area contributed by atoms with Crippen LogP contribution in [0, 0.1) is 0 Å². The van der Waals surface area contributed by atoms with E-state index in [1.807, 2.05) is 0 Å². The second-order valence-corrected chi connectivity index (χ2v) is 6.57. The molecule has 26 heavy (non-hydrogen) atoms. The predicted octanol–water partition coefficient (Wildman–Crippen LogP) is 1.71. The SMILES string of the molecule is COc1ccc(C(O)C(O)CNC(=O)OC(C)(C)C)cc1/C=C/C(=O)O. The maximum absolute atomic E-state index is 11.6. The Labute approximate surface area is 152 Å². The Kier molecular flexibility index (Phi) is 7.60. The Morgan fingerprint density at radius 2 is 1.92 bits per heavy atom. The van der Waals surface area contributed by atoms with Crippen molar-refractivity contribution in [1.82, 2.24) is 5.32 Å². The minimum absolute atomic E-state index is 0.220. The number of benzene rings is 1. The average Bonchev–Trinajstić information content (AvgIpc) is 2.55. The van der Waals surface area contributed by atoms with Gasteiger partial charge in [0.25, 0.3) is 0 Å². The van der Waals surface area contributed by atoms with Crippen LogP contribution in [0.15, 0.2) is 24.3 Å². The maximum atomic E-state index is 11.6. The van der Waals surface area contributed by atoms with E-state index in [0.29, 0.717) is 16.9 Å². The molecule has 0 heterocycles. The van der Waals surface area contributed by atoms with Gasteiger partial charge in [-0.1, -0.05) is 6.07 Å². The summed E-state index contributed by atoms with van der Waals surface area (Å²) in [6, 6.07) is 4.59. The van der Waals surface area contributed by atoms with Crippen molar-refractivity contribution in [3.8, 4) is 5.75 Å². The van der Waals surface area contributed by atoms with E-state index in [-0.39, 0.29) is 6.54 Å². The summed E-state index contributed by atoms with van der Waals surface area (Å²) in [4.78, 5) is 22.3. The van der Waals surface area contributed by atoms with Crippen molar-refractivity contribution in [2.75, 3.05) is 13.7 Å². The van der Waals surface area contributed by atoms with Crippen LogP contribution in [0.3, 0.4) is 0 Å². The number of amides is 1. The minimum Gasteiger partial charge on any atom is -0.496 e. The van der Waals surface area contributed by atoms with Gasteiger partial charge in [0.1, 0.15) is 23.6 Å². The molecule has 0 aliphatic carbocycles. The number of alkyl carbamates (subject to hydrolysis) is 1. The lowest BCUT2D eigenvalue weighted by Crippen LogP contribution is -2.38. The van der Waals surface area contributed by atoms with E-state index in [2.05, 4.69) is 5.32 Å². The molecule has 8 nitrogen and oxygen atoms in total.